The SMILES string of the molecule is COC(=O)C1(Nc2cccc(Cl)c2)CCC2(CC1)c1cc3c(cc1C[C@@H]2C[C@@H](C)COc1ccnc2c1[C@H](C)CC[C@@H]2O[Si](C(C)C)(C(C)C)C(C)C)OCC(CO)CO3. The number of aliphatic hydroxyl groups excluding tert-OH is 1. The van der Waals surface area contributed by atoms with E-state index in [4.69, 9.17) is 40.0 Å². The van der Waals surface area contributed by atoms with Crippen LogP contribution in [0.25, 0.3) is 0 Å². The number of halogens is 1. The third kappa shape index (κ3) is 8.44. The molecule has 3 aliphatic carbocycles. The molecule has 60 heavy (non-hydrogen) atoms. The first-order chi connectivity index (χ1) is 28.7. The van der Waals surface area contributed by atoms with Gasteiger partial charge in [-0.2, -0.15) is 0 Å². The average molecular weight is 862 g/mol. The fourth-order valence-corrected chi connectivity index (χ4v) is 17.6. The number of aromatic nitrogens is 1. The van der Waals surface area contributed by atoms with Gasteiger partial charge in [-0.1, -0.05) is 73.1 Å². The molecule has 11 heteroatoms. The highest BCUT2D eigenvalue weighted by Crippen LogP contribution is 2.58. The number of rotatable bonds is 14. The van der Waals surface area contributed by atoms with E-state index in [-0.39, 0.29) is 35.9 Å². The van der Waals surface area contributed by atoms with E-state index in [9.17, 15) is 9.90 Å². The molecule has 0 radical (unpaired) electrons. The molecule has 1 fully saturated rings. The molecule has 9 nitrogen and oxygen atoms in total. The standard InChI is InChI=1S/C49H69ClN2O7Si/c1-30(2)60(31(3)4,32(5)6)59-42-14-13-34(8)45-41(15-20-51-46(42)45)56-27-33(7)21-37-22-36-23-43-44(58-29-35(26-53)28-57-43)25-40(36)48(37)16-18-49(19-17-48,47(54)55-9)52-39-12-10-11-38(50)24-39/h10-12,15,20,23-25,30-35,37,42,52-53H,13-14,16-19,21-22,26-29H2,1-9H3/t33-,34-,35?,37+,42+,48?,49?/m1/s1. The van der Waals surface area contributed by atoms with E-state index in [1.165, 1.54) is 23.8 Å². The highest BCUT2D eigenvalue weighted by atomic mass is 35.5. The van der Waals surface area contributed by atoms with Gasteiger partial charge in [0.05, 0.1) is 51.3 Å². The Morgan fingerprint density at radius 3 is 2.28 bits per heavy atom. The molecule has 1 unspecified atom stereocenters. The number of nitrogens with one attached hydrogen (secondary N) is 1. The van der Waals surface area contributed by atoms with Gasteiger partial charge in [0, 0.05) is 22.5 Å². The molecule has 1 spiro atoms. The van der Waals surface area contributed by atoms with Gasteiger partial charge in [0.25, 0.3) is 0 Å². The zero-order chi connectivity index (χ0) is 43.0. The van der Waals surface area contributed by atoms with Crippen molar-refractivity contribution in [3.63, 3.8) is 0 Å². The van der Waals surface area contributed by atoms with Gasteiger partial charge in [-0.25, -0.2) is 4.79 Å². The van der Waals surface area contributed by atoms with Crippen LogP contribution in [-0.2, 0) is 25.8 Å². The summed E-state index contributed by atoms with van der Waals surface area (Å²) in [5.74, 6) is 2.99. The third-order valence-electron chi connectivity index (χ3n) is 14.8. The van der Waals surface area contributed by atoms with Gasteiger partial charge in [0.1, 0.15) is 11.3 Å². The molecule has 328 valence electrons. The zero-order valence-corrected chi connectivity index (χ0v) is 39.2. The van der Waals surface area contributed by atoms with Crippen molar-refractivity contribution in [1.82, 2.24) is 4.98 Å². The van der Waals surface area contributed by atoms with Gasteiger partial charge in [0.15, 0.2) is 11.5 Å². The Kier molecular flexibility index (Phi) is 13.6. The van der Waals surface area contributed by atoms with Crippen LogP contribution in [0.2, 0.25) is 21.6 Å². The molecule has 2 heterocycles. The monoisotopic (exact) mass is 860 g/mol. The predicted octanol–water partition coefficient (Wildman–Crippen LogP) is 11.4. The largest absolute Gasteiger partial charge is 0.493 e. The molecular formula is C49H69ClN2O7Si. The van der Waals surface area contributed by atoms with Crippen LogP contribution in [0.4, 0.5) is 5.69 Å². The van der Waals surface area contributed by atoms with Gasteiger partial charge in [0.2, 0.25) is 8.32 Å². The summed E-state index contributed by atoms with van der Waals surface area (Å²) < 4.78 is 32.3. The Labute approximate surface area is 364 Å². The lowest BCUT2D eigenvalue weighted by Gasteiger charge is -2.47. The summed E-state index contributed by atoms with van der Waals surface area (Å²) in [4.78, 5) is 18.7. The van der Waals surface area contributed by atoms with Gasteiger partial charge >= 0.3 is 5.97 Å². The summed E-state index contributed by atoms with van der Waals surface area (Å²) in [5, 5.41) is 14.1. The molecule has 7 rings (SSSR count). The molecule has 2 N–H and O–H groups in total. The molecule has 1 aliphatic heterocycles. The minimum Gasteiger partial charge on any atom is -0.493 e. The maximum absolute atomic E-state index is 13.7. The van der Waals surface area contributed by atoms with Crippen LogP contribution in [-0.4, -0.2) is 63.5 Å². The second-order valence-corrected chi connectivity index (χ2v) is 25.4. The van der Waals surface area contributed by atoms with Crippen molar-refractivity contribution in [2.45, 2.75) is 146 Å². The first-order valence-corrected chi connectivity index (χ1v) is 25.1. The minimum atomic E-state index is -2.12. The summed E-state index contributed by atoms with van der Waals surface area (Å²) >= 11 is 6.39. The van der Waals surface area contributed by atoms with Crippen LogP contribution in [0, 0.1) is 17.8 Å². The fraction of sp³-hybridized carbons (Fsp3) is 0.633. The molecule has 5 atom stereocenters. The number of anilines is 1. The van der Waals surface area contributed by atoms with Gasteiger partial charge in [-0.05, 0) is 139 Å². The van der Waals surface area contributed by atoms with Crippen LogP contribution >= 0.6 is 11.6 Å². The van der Waals surface area contributed by atoms with Crippen molar-refractivity contribution < 1.29 is 33.3 Å². The maximum Gasteiger partial charge on any atom is 0.331 e. The van der Waals surface area contributed by atoms with Crippen molar-refractivity contribution >= 4 is 31.6 Å². The van der Waals surface area contributed by atoms with Crippen LogP contribution < -0.4 is 19.5 Å². The smallest absolute Gasteiger partial charge is 0.331 e. The van der Waals surface area contributed by atoms with E-state index in [0.717, 1.165) is 67.2 Å². The van der Waals surface area contributed by atoms with E-state index in [1.807, 2.05) is 30.5 Å². The Hall–Kier alpha value is -3.31. The number of aliphatic hydroxyl groups is 1. The highest BCUT2D eigenvalue weighted by molar-refractivity contribution is 6.77. The Morgan fingerprint density at radius 1 is 0.967 bits per heavy atom. The topological polar surface area (TPSA) is 108 Å². The van der Waals surface area contributed by atoms with E-state index in [1.54, 1.807) is 0 Å². The van der Waals surface area contributed by atoms with Crippen LogP contribution in [0.15, 0.2) is 48.7 Å². The number of hydrogen-bond acceptors (Lipinski definition) is 9. The average Bonchev–Trinajstić information content (AvgIpc) is 3.34. The first-order valence-electron chi connectivity index (χ1n) is 22.6. The summed E-state index contributed by atoms with van der Waals surface area (Å²) in [7, 11) is -0.651. The van der Waals surface area contributed by atoms with E-state index in [2.05, 4.69) is 78.9 Å². The van der Waals surface area contributed by atoms with Crippen molar-refractivity contribution in [2.24, 2.45) is 17.8 Å². The Morgan fingerprint density at radius 2 is 1.65 bits per heavy atom. The Balaban J connectivity index is 1.14. The maximum atomic E-state index is 13.7. The number of carbonyl (C=O) groups excluding carboxylic acids is 1. The minimum absolute atomic E-state index is 0.0118. The number of methoxy groups -OCH3 is 1. The van der Waals surface area contributed by atoms with Crippen molar-refractivity contribution in [3.8, 4) is 17.2 Å². The highest BCUT2D eigenvalue weighted by Gasteiger charge is 2.55. The molecular weight excluding hydrogens is 792 g/mol. The number of fused-ring (bicyclic) bond motifs is 4. The quantitative estimate of drug-likeness (QED) is 0.121. The first kappa shape index (κ1) is 44.7. The van der Waals surface area contributed by atoms with E-state index < -0.39 is 13.9 Å². The Bertz CT molecular complexity index is 1960. The van der Waals surface area contributed by atoms with Crippen molar-refractivity contribution in [1.29, 1.82) is 0 Å². The number of nitrogens with zero attached hydrogens (tertiary/aromatic N) is 1. The predicted molar refractivity (Wildman–Crippen MR) is 241 cm³/mol. The van der Waals surface area contributed by atoms with Crippen LogP contribution in [0.1, 0.15) is 135 Å². The van der Waals surface area contributed by atoms with Gasteiger partial charge in [-0.15, -0.1) is 0 Å². The lowest BCUT2D eigenvalue weighted by Crippen LogP contribution is -2.53. The number of esters is 1. The van der Waals surface area contributed by atoms with Gasteiger partial charge in [-0.3, -0.25) is 4.98 Å². The summed E-state index contributed by atoms with van der Waals surface area (Å²) in [5.41, 5.74) is 6.09. The summed E-state index contributed by atoms with van der Waals surface area (Å²) in [6.45, 7) is 20.2. The van der Waals surface area contributed by atoms with Crippen LogP contribution in [0.5, 0.6) is 17.2 Å². The van der Waals surface area contributed by atoms with Crippen molar-refractivity contribution in [2.75, 3.05) is 38.9 Å². The lowest BCUT2D eigenvalue weighted by molar-refractivity contribution is -0.148. The molecule has 4 aliphatic rings. The summed E-state index contributed by atoms with van der Waals surface area (Å²) in [6.07, 6.45) is 8.61. The number of ether oxygens (including phenoxy) is 4. The third-order valence-corrected chi connectivity index (χ3v) is 21.2. The van der Waals surface area contributed by atoms with Crippen molar-refractivity contribution in [3.05, 3.63) is 76.1 Å². The number of carbonyl (C=O) groups is 1. The van der Waals surface area contributed by atoms with Gasteiger partial charge < -0.3 is 33.8 Å². The second kappa shape index (κ2) is 18.2. The molecule has 0 bridgehead atoms. The fourth-order valence-electron chi connectivity index (χ4n) is 11.8. The zero-order valence-electron chi connectivity index (χ0n) is 37.4. The number of pyridine rings is 1. The van der Waals surface area contributed by atoms with Crippen LogP contribution in [0.3, 0.4) is 0 Å². The molecule has 2 aromatic carbocycles. The lowest BCUT2D eigenvalue weighted by atomic mass is 9.59. The molecule has 0 saturated heterocycles. The molecule has 1 aromatic heterocycles. The molecule has 1 saturated carbocycles. The number of benzene rings is 2. The molecule has 3 aromatic rings. The van der Waals surface area contributed by atoms with E-state index in [0.29, 0.717) is 66.1 Å². The normalized spacial score (nSPS) is 26.8. The summed E-state index contributed by atoms with van der Waals surface area (Å²) in [6, 6.07) is 14.0. The number of hydrogen-bond donors (Lipinski definition) is 2. The second-order valence-electron chi connectivity index (χ2n) is 19.6. The van der Waals surface area contributed by atoms with E-state index >= 15 is 0 Å². The molecule has 0 amide bonds.